The third-order valence-electron chi connectivity index (χ3n) is 10.3. The number of phosphoric acid groups is 1. The first-order chi connectivity index (χ1) is 27.4. The van der Waals surface area contributed by atoms with Crippen molar-refractivity contribution >= 4 is 41.6 Å². The lowest BCUT2D eigenvalue weighted by molar-refractivity contribution is -0.161. The molecule has 0 aliphatic heterocycles. The second kappa shape index (κ2) is 39.2. The molecular formula is C45H87BrNO9P. The van der Waals surface area contributed by atoms with Gasteiger partial charge in [0, 0.05) is 19.4 Å². The van der Waals surface area contributed by atoms with E-state index in [1.807, 2.05) is 0 Å². The fraction of sp³-hybridized carbons (Fsp3) is 0.933. The van der Waals surface area contributed by atoms with Gasteiger partial charge in [0.1, 0.15) is 6.61 Å². The first-order valence-electron chi connectivity index (χ1n) is 23.4. The van der Waals surface area contributed by atoms with Gasteiger partial charge in [0.2, 0.25) is 5.91 Å². The third-order valence-corrected chi connectivity index (χ3v) is 11.6. The number of halogens is 1. The molecule has 0 aromatic rings. The van der Waals surface area contributed by atoms with E-state index in [1.54, 1.807) is 13.8 Å². The number of alkyl halides is 1. The molecular weight excluding hydrogens is 809 g/mol. The largest absolute Gasteiger partial charge is 0.472 e. The maximum Gasteiger partial charge on any atom is 0.472 e. The van der Waals surface area contributed by atoms with Crippen LogP contribution in [0.25, 0.3) is 0 Å². The minimum atomic E-state index is -4.53. The van der Waals surface area contributed by atoms with E-state index in [0.717, 1.165) is 38.5 Å². The Morgan fingerprint density at radius 1 is 0.561 bits per heavy atom. The normalized spacial score (nSPS) is 13.3. The fourth-order valence-corrected chi connectivity index (χ4v) is 7.54. The summed E-state index contributed by atoms with van der Waals surface area (Å²) in [5.74, 6) is -1.17. The van der Waals surface area contributed by atoms with Gasteiger partial charge in [0.05, 0.1) is 17.5 Å². The van der Waals surface area contributed by atoms with Crippen LogP contribution in [-0.4, -0.2) is 59.5 Å². The Balaban J connectivity index is 4.43. The Morgan fingerprint density at radius 3 is 1.28 bits per heavy atom. The molecule has 57 heavy (non-hydrogen) atoms. The zero-order valence-electron chi connectivity index (χ0n) is 37.1. The third kappa shape index (κ3) is 40.2. The van der Waals surface area contributed by atoms with Gasteiger partial charge < -0.3 is 19.7 Å². The standard InChI is InChI=1S/C45H87BrNO9P/c1-5-7-9-11-13-15-17-19-21-23-25-27-29-31-33-35-42(48)53-39-41(40-55-57(51,52)54-38-37-47-44(50)45(3,4)46)56-43(49)36-34-32-30-28-26-24-22-20-18-16-14-12-10-8-6-2/h41H,5-40H2,1-4H3,(H,47,50)(H,51,52). The Morgan fingerprint density at radius 2 is 0.912 bits per heavy atom. The minimum absolute atomic E-state index is 0.00361. The lowest BCUT2D eigenvalue weighted by atomic mass is 10.0. The lowest BCUT2D eigenvalue weighted by Crippen LogP contribution is -2.39. The number of ether oxygens (including phenoxy) is 2. The first kappa shape index (κ1) is 56.0. The van der Waals surface area contributed by atoms with Gasteiger partial charge in [-0.2, -0.15) is 0 Å². The average molecular weight is 897 g/mol. The quantitative estimate of drug-likeness (QED) is 0.0265. The van der Waals surface area contributed by atoms with Crippen molar-refractivity contribution < 1.29 is 42.4 Å². The number of hydrogen-bond donors (Lipinski definition) is 2. The molecule has 338 valence electrons. The summed E-state index contributed by atoms with van der Waals surface area (Å²) in [5.41, 5.74) is 0. The highest BCUT2D eigenvalue weighted by molar-refractivity contribution is 9.10. The molecule has 0 bridgehead atoms. The van der Waals surface area contributed by atoms with Gasteiger partial charge in [-0.3, -0.25) is 23.4 Å². The maximum atomic E-state index is 12.7. The van der Waals surface area contributed by atoms with Crippen LogP contribution in [-0.2, 0) is 37.5 Å². The van der Waals surface area contributed by atoms with Gasteiger partial charge >= 0.3 is 19.8 Å². The van der Waals surface area contributed by atoms with Crippen molar-refractivity contribution in [1.29, 1.82) is 0 Å². The van der Waals surface area contributed by atoms with Gasteiger partial charge in [-0.1, -0.05) is 210 Å². The van der Waals surface area contributed by atoms with E-state index in [2.05, 4.69) is 35.1 Å². The van der Waals surface area contributed by atoms with E-state index in [4.69, 9.17) is 18.5 Å². The average Bonchev–Trinajstić information content (AvgIpc) is 3.17. The monoisotopic (exact) mass is 896 g/mol. The van der Waals surface area contributed by atoms with Crippen LogP contribution in [0.2, 0.25) is 0 Å². The van der Waals surface area contributed by atoms with Gasteiger partial charge in [-0.15, -0.1) is 0 Å². The molecule has 0 saturated carbocycles. The molecule has 0 aromatic carbocycles. The molecule has 1 amide bonds. The summed E-state index contributed by atoms with van der Waals surface area (Å²) in [7, 11) is -4.53. The van der Waals surface area contributed by atoms with E-state index in [0.29, 0.717) is 6.42 Å². The van der Waals surface area contributed by atoms with Gasteiger partial charge in [0.15, 0.2) is 6.10 Å². The van der Waals surface area contributed by atoms with Gasteiger partial charge in [0.25, 0.3) is 0 Å². The zero-order chi connectivity index (χ0) is 42.3. The number of nitrogens with one attached hydrogen (secondary N) is 1. The van der Waals surface area contributed by atoms with Crippen LogP contribution in [0.3, 0.4) is 0 Å². The number of unbranched alkanes of at least 4 members (excludes halogenated alkanes) is 28. The van der Waals surface area contributed by atoms with Crippen molar-refractivity contribution in [1.82, 2.24) is 5.32 Å². The molecule has 0 fully saturated rings. The number of carbonyl (C=O) groups excluding carboxylic acids is 3. The Kier molecular flexibility index (Phi) is 38.5. The number of rotatable bonds is 43. The molecule has 2 atom stereocenters. The molecule has 2 N–H and O–H groups in total. The number of phosphoric ester groups is 1. The van der Waals surface area contributed by atoms with Crippen LogP contribution in [0, 0.1) is 0 Å². The smallest absolute Gasteiger partial charge is 0.462 e. The number of hydrogen-bond acceptors (Lipinski definition) is 8. The molecule has 0 aromatic heterocycles. The van der Waals surface area contributed by atoms with Gasteiger partial charge in [-0.25, -0.2) is 4.57 Å². The topological polar surface area (TPSA) is 137 Å². The molecule has 0 aliphatic rings. The van der Waals surface area contributed by atoms with Crippen LogP contribution in [0.1, 0.15) is 233 Å². The molecule has 0 rings (SSSR count). The van der Waals surface area contributed by atoms with E-state index in [9.17, 15) is 23.8 Å². The second-order valence-corrected chi connectivity index (χ2v) is 20.0. The van der Waals surface area contributed by atoms with Crippen LogP contribution >= 0.6 is 23.8 Å². The predicted octanol–water partition coefficient (Wildman–Crippen LogP) is 13.4. The van der Waals surface area contributed by atoms with E-state index >= 15 is 0 Å². The molecule has 0 saturated heterocycles. The molecule has 2 unspecified atom stereocenters. The lowest BCUT2D eigenvalue weighted by Gasteiger charge is -2.20. The van der Waals surface area contributed by atoms with E-state index in [-0.39, 0.29) is 38.5 Å². The molecule has 0 spiro atoms. The van der Waals surface area contributed by atoms with E-state index in [1.165, 1.54) is 148 Å². The van der Waals surface area contributed by atoms with Crippen molar-refractivity contribution in [3.8, 4) is 0 Å². The Labute approximate surface area is 357 Å². The highest BCUT2D eigenvalue weighted by atomic mass is 79.9. The SMILES string of the molecule is CCCCCCCCCCCCCCCCCC(=O)OCC(COP(=O)(O)OCCNC(=O)C(C)(C)Br)OC(=O)CCCCCCCCCCCCCCCCC. The van der Waals surface area contributed by atoms with Crippen LogP contribution in [0.5, 0.6) is 0 Å². The van der Waals surface area contributed by atoms with Crippen molar-refractivity contribution in [2.45, 2.75) is 244 Å². The Bertz CT molecular complexity index is 1010. The zero-order valence-corrected chi connectivity index (χ0v) is 39.6. The van der Waals surface area contributed by atoms with Crippen molar-refractivity contribution in [2.75, 3.05) is 26.4 Å². The molecule has 0 aliphatic carbocycles. The summed E-state index contributed by atoms with van der Waals surface area (Å²) >= 11 is 3.25. The summed E-state index contributed by atoms with van der Waals surface area (Å²) in [6.07, 6.45) is 36.4. The van der Waals surface area contributed by atoms with Gasteiger partial charge in [-0.05, 0) is 26.7 Å². The first-order valence-corrected chi connectivity index (χ1v) is 25.6. The van der Waals surface area contributed by atoms with Crippen LogP contribution in [0.15, 0.2) is 0 Å². The summed E-state index contributed by atoms with van der Waals surface area (Å²) < 4.78 is 32.8. The molecule has 0 radical (unpaired) electrons. The Hall–Kier alpha value is -1.00. The second-order valence-electron chi connectivity index (χ2n) is 16.5. The highest BCUT2D eigenvalue weighted by Gasteiger charge is 2.27. The number of amides is 1. The van der Waals surface area contributed by atoms with Crippen LogP contribution in [0.4, 0.5) is 0 Å². The highest BCUT2D eigenvalue weighted by Crippen LogP contribution is 2.43. The summed E-state index contributed by atoms with van der Waals surface area (Å²) in [6, 6.07) is 0. The van der Waals surface area contributed by atoms with Crippen LogP contribution < -0.4 is 5.32 Å². The molecule has 0 heterocycles. The molecule has 12 heteroatoms. The van der Waals surface area contributed by atoms with E-state index < -0.39 is 36.8 Å². The van der Waals surface area contributed by atoms with Crippen molar-refractivity contribution in [3.63, 3.8) is 0 Å². The van der Waals surface area contributed by atoms with Crippen molar-refractivity contribution in [2.24, 2.45) is 0 Å². The molecule has 10 nitrogen and oxygen atoms in total. The fourth-order valence-electron chi connectivity index (χ4n) is 6.65. The maximum absolute atomic E-state index is 12.7. The summed E-state index contributed by atoms with van der Waals surface area (Å²) in [6.45, 7) is 6.84. The predicted molar refractivity (Wildman–Crippen MR) is 238 cm³/mol. The minimum Gasteiger partial charge on any atom is -0.462 e. The number of carbonyl (C=O) groups is 3. The van der Waals surface area contributed by atoms with Crippen molar-refractivity contribution in [3.05, 3.63) is 0 Å². The summed E-state index contributed by atoms with van der Waals surface area (Å²) in [5, 5.41) is 2.60. The summed E-state index contributed by atoms with van der Waals surface area (Å²) in [4.78, 5) is 47.4. The number of esters is 2.